The quantitative estimate of drug-likeness (QED) is 0.801. The highest BCUT2D eigenvalue weighted by molar-refractivity contribution is 5.57. The van der Waals surface area contributed by atoms with Crippen LogP contribution in [0.3, 0.4) is 0 Å². The molecule has 0 aliphatic carbocycles. The molecule has 0 radical (unpaired) electrons. The lowest BCUT2D eigenvalue weighted by Crippen LogP contribution is -2.28. The fraction of sp³-hybridized carbons (Fsp3) is 0.625. The Bertz CT molecular complexity index is 398. The van der Waals surface area contributed by atoms with Gasteiger partial charge in [0.05, 0.1) is 0 Å². The number of anilines is 1. The number of benzene rings is 1. The molecule has 2 nitrogen and oxygen atoms in total. The van der Waals surface area contributed by atoms with E-state index >= 15 is 0 Å². The molecule has 0 aliphatic rings. The topological polar surface area (TPSA) is 15.3 Å². The molecule has 0 heterocycles. The lowest BCUT2D eigenvalue weighted by molar-refractivity contribution is 0.598. The molecule has 0 fully saturated rings. The number of halogens is 1. The van der Waals surface area contributed by atoms with Crippen molar-refractivity contribution in [3.63, 3.8) is 0 Å². The monoisotopic (exact) mass is 266 g/mol. The van der Waals surface area contributed by atoms with Crippen molar-refractivity contribution in [1.82, 2.24) is 5.32 Å². The number of nitrogens with one attached hydrogen (secondary N) is 1. The van der Waals surface area contributed by atoms with Crippen LogP contribution in [0.15, 0.2) is 12.1 Å². The molecule has 108 valence electrons. The van der Waals surface area contributed by atoms with Crippen molar-refractivity contribution >= 4 is 5.69 Å². The number of hydrogen-bond acceptors (Lipinski definition) is 2. The Labute approximate surface area is 117 Å². The van der Waals surface area contributed by atoms with Gasteiger partial charge in [0.2, 0.25) is 0 Å². The Morgan fingerprint density at radius 3 is 2.26 bits per heavy atom. The van der Waals surface area contributed by atoms with Crippen LogP contribution < -0.4 is 10.2 Å². The molecule has 1 rings (SSSR count). The number of nitrogens with zero attached hydrogens (tertiary/aromatic N) is 1. The molecule has 0 spiro atoms. The molecule has 1 aromatic rings. The van der Waals surface area contributed by atoms with E-state index < -0.39 is 0 Å². The molecule has 0 aromatic heterocycles. The van der Waals surface area contributed by atoms with Crippen LogP contribution in [0.25, 0.3) is 0 Å². The molecule has 3 heteroatoms. The summed E-state index contributed by atoms with van der Waals surface area (Å²) in [7, 11) is 1.91. The zero-order valence-electron chi connectivity index (χ0n) is 12.9. The summed E-state index contributed by atoms with van der Waals surface area (Å²) in [5, 5.41) is 3.21. The molecule has 0 aliphatic heterocycles. The fourth-order valence-electron chi connectivity index (χ4n) is 2.35. The summed E-state index contributed by atoms with van der Waals surface area (Å²) in [5.74, 6) is -0.117. The van der Waals surface area contributed by atoms with Gasteiger partial charge in [-0.25, -0.2) is 4.39 Å². The van der Waals surface area contributed by atoms with Gasteiger partial charge in [-0.05, 0) is 57.0 Å². The van der Waals surface area contributed by atoms with E-state index in [-0.39, 0.29) is 11.9 Å². The van der Waals surface area contributed by atoms with Crippen molar-refractivity contribution in [2.75, 3.05) is 25.0 Å². The largest absolute Gasteiger partial charge is 0.371 e. The third-order valence-corrected chi connectivity index (χ3v) is 3.54. The first-order chi connectivity index (χ1) is 9.04. The zero-order valence-corrected chi connectivity index (χ0v) is 12.9. The average Bonchev–Trinajstić information content (AvgIpc) is 2.40. The molecule has 19 heavy (non-hydrogen) atoms. The summed E-state index contributed by atoms with van der Waals surface area (Å²) in [6.45, 7) is 10.3. The molecule has 1 unspecified atom stereocenters. The zero-order chi connectivity index (χ0) is 14.4. The van der Waals surface area contributed by atoms with Crippen LogP contribution in [-0.2, 0) is 0 Å². The second-order valence-corrected chi connectivity index (χ2v) is 5.16. The first-order valence-electron chi connectivity index (χ1n) is 7.27. The maximum Gasteiger partial charge on any atom is 0.126 e. The predicted octanol–water partition coefficient (Wildman–Crippen LogP) is 4.04. The Balaban J connectivity index is 3.24. The minimum atomic E-state index is -0.117. The van der Waals surface area contributed by atoms with Crippen LogP contribution in [0.5, 0.6) is 0 Å². The van der Waals surface area contributed by atoms with Gasteiger partial charge in [0, 0.05) is 24.8 Å². The third-order valence-electron chi connectivity index (χ3n) is 3.54. The molecular formula is C16H27FN2. The van der Waals surface area contributed by atoms with E-state index in [1.165, 1.54) is 5.69 Å². The van der Waals surface area contributed by atoms with Crippen molar-refractivity contribution in [1.29, 1.82) is 0 Å². The third kappa shape index (κ3) is 3.93. The Morgan fingerprint density at radius 1 is 1.21 bits per heavy atom. The fourth-order valence-corrected chi connectivity index (χ4v) is 2.35. The highest BCUT2D eigenvalue weighted by Crippen LogP contribution is 2.29. The summed E-state index contributed by atoms with van der Waals surface area (Å²) >= 11 is 0. The minimum Gasteiger partial charge on any atom is -0.371 e. The maximum atomic E-state index is 13.8. The van der Waals surface area contributed by atoms with Crippen molar-refractivity contribution < 1.29 is 4.39 Å². The lowest BCUT2D eigenvalue weighted by Gasteiger charge is -2.29. The average molecular weight is 266 g/mol. The molecule has 1 atom stereocenters. The normalized spacial score (nSPS) is 12.5. The number of hydrogen-bond donors (Lipinski definition) is 1. The van der Waals surface area contributed by atoms with Crippen LogP contribution in [-0.4, -0.2) is 20.1 Å². The molecule has 0 saturated carbocycles. The molecule has 1 N–H and O–H groups in total. The highest BCUT2D eigenvalue weighted by Gasteiger charge is 2.16. The SMILES string of the molecule is CCCN(CCC)c1cc(C)c(F)cc1C(C)NC. The van der Waals surface area contributed by atoms with E-state index in [1.54, 1.807) is 6.07 Å². The molecule has 0 amide bonds. The summed E-state index contributed by atoms with van der Waals surface area (Å²) in [4.78, 5) is 2.37. The van der Waals surface area contributed by atoms with Gasteiger partial charge < -0.3 is 10.2 Å². The van der Waals surface area contributed by atoms with Crippen LogP contribution in [0.2, 0.25) is 0 Å². The van der Waals surface area contributed by atoms with E-state index in [0.717, 1.165) is 37.1 Å². The highest BCUT2D eigenvalue weighted by atomic mass is 19.1. The van der Waals surface area contributed by atoms with Crippen LogP contribution >= 0.6 is 0 Å². The summed E-state index contributed by atoms with van der Waals surface area (Å²) in [6.07, 6.45) is 2.20. The van der Waals surface area contributed by atoms with Crippen molar-refractivity contribution in [3.8, 4) is 0 Å². The van der Waals surface area contributed by atoms with E-state index in [0.29, 0.717) is 0 Å². The van der Waals surface area contributed by atoms with Crippen molar-refractivity contribution in [2.45, 2.75) is 46.6 Å². The molecular weight excluding hydrogens is 239 g/mol. The van der Waals surface area contributed by atoms with Gasteiger partial charge in [0.1, 0.15) is 5.82 Å². The van der Waals surface area contributed by atoms with Gasteiger partial charge in [-0.2, -0.15) is 0 Å². The van der Waals surface area contributed by atoms with Crippen LogP contribution in [0, 0.1) is 12.7 Å². The standard InChI is InChI=1S/C16H27FN2/c1-6-8-19(9-7-2)16-10-12(3)15(17)11-14(16)13(4)18-5/h10-11,13,18H,6-9H2,1-5H3. The summed E-state index contributed by atoms with van der Waals surface area (Å²) in [6, 6.07) is 3.83. The first kappa shape index (κ1) is 16.0. The van der Waals surface area contributed by atoms with Gasteiger partial charge in [0.25, 0.3) is 0 Å². The smallest absolute Gasteiger partial charge is 0.126 e. The van der Waals surface area contributed by atoms with Gasteiger partial charge in [-0.15, -0.1) is 0 Å². The molecule has 0 bridgehead atoms. The lowest BCUT2D eigenvalue weighted by atomic mass is 10.0. The van der Waals surface area contributed by atoms with Crippen LogP contribution in [0.1, 0.15) is 50.8 Å². The van der Waals surface area contributed by atoms with Crippen LogP contribution in [0.4, 0.5) is 10.1 Å². The van der Waals surface area contributed by atoms with Gasteiger partial charge in [-0.3, -0.25) is 0 Å². The van der Waals surface area contributed by atoms with E-state index in [2.05, 4.69) is 31.0 Å². The van der Waals surface area contributed by atoms with E-state index in [4.69, 9.17) is 0 Å². The predicted molar refractivity (Wildman–Crippen MR) is 81.4 cm³/mol. The van der Waals surface area contributed by atoms with Gasteiger partial charge in [0.15, 0.2) is 0 Å². The maximum absolute atomic E-state index is 13.8. The number of aryl methyl sites for hydroxylation is 1. The van der Waals surface area contributed by atoms with Gasteiger partial charge in [-0.1, -0.05) is 13.8 Å². The van der Waals surface area contributed by atoms with Crippen molar-refractivity contribution in [2.24, 2.45) is 0 Å². The Kier molecular flexibility index (Phi) is 6.29. The second kappa shape index (κ2) is 7.49. The molecule has 1 aromatic carbocycles. The molecule has 0 saturated heterocycles. The second-order valence-electron chi connectivity index (χ2n) is 5.16. The Morgan fingerprint density at radius 2 is 1.79 bits per heavy atom. The summed E-state index contributed by atoms with van der Waals surface area (Å²) < 4.78 is 13.8. The van der Waals surface area contributed by atoms with Gasteiger partial charge >= 0.3 is 0 Å². The van der Waals surface area contributed by atoms with E-state index in [9.17, 15) is 4.39 Å². The Hall–Kier alpha value is -1.09. The minimum absolute atomic E-state index is 0.117. The van der Waals surface area contributed by atoms with E-state index in [1.807, 2.05) is 20.0 Å². The summed E-state index contributed by atoms with van der Waals surface area (Å²) in [5.41, 5.74) is 2.94. The first-order valence-corrected chi connectivity index (χ1v) is 7.27. The van der Waals surface area contributed by atoms with Crippen molar-refractivity contribution in [3.05, 3.63) is 29.1 Å². The number of rotatable bonds is 7.